The number of aryl methyl sites for hydroxylation is 1. The molecular formula is C12H18N6. The normalized spacial score (nSPS) is 10.6. The van der Waals surface area contributed by atoms with Gasteiger partial charge in [0.25, 0.3) is 0 Å². The van der Waals surface area contributed by atoms with Crippen molar-refractivity contribution in [2.24, 2.45) is 7.05 Å². The zero-order valence-corrected chi connectivity index (χ0v) is 10.7. The van der Waals surface area contributed by atoms with Crippen molar-refractivity contribution in [2.75, 3.05) is 17.6 Å². The van der Waals surface area contributed by atoms with Gasteiger partial charge in [0.2, 0.25) is 0 Å². The van der Waals surface area contributed by atoms with Crippen LogP contribution in [0.15, 0.2) is 18.7 Å². The van der Waals surface area contributed by atoms with Gasteiger partial charge in [-0.3, -0.25) is 4.68 Å². The van der Waals surface area contributed by atoms with Crippen molar-refractivity contribution in [2.45, 2.75) is 19.8 Å². The van der Waals surface area contributed by atoms with Crippen LogP contribution in [0.1, 0.15) is 18.1 Å². The van der Waals surface area contributed by atoms with Gasteiger partial charge in [0.15, 0.2) is 0 Å². The van der Waals surface area contributed by atoms with Gasteiger partial charge in [-0.2, -0.15) is 5.10 Å². The molecule has 0 saturated carbocycles. The van der Waals surface area contributed by atoms with Gasteiger partial charge < -0.3 is 11.1 Å². The first kappa shape index (κ1) is 12.3. The van der Waals surface area contributed by atoms with Crippen LogP contribution in [0.3, 0.4) is 0 Å². The molecule has 2 rings (SSSR count). The Bertz CT molecular complexity index is 519. The second-order valence-corrected chi connectivity index (χ2v) is 4.14. The van der Waals surface area contributed by atoms with Crippen LogP contribution in [0.2, 0.25) is 0 Å². The van der Waals surface area contributed by atoms with Crippen molar-refractivity contribution in [3.05, 3.63) is 29.8 Å². The number of anilines is 2. The molecule has 2 heterocycles. The van der Waals surface area contributed by atoms with Gasteiger partial charge in [-0.1, -0.05) is 6.92 Å². The third-order valence-electron chi connectivity index (χ3n) is 2.80. The number of nitrogen functional groups attached to an aromatic ring is 1. The maximum absolute atomic E-state index is 5.81. The fourth-order valence-corrected chi connectivity index (χ4v) is 1.85. The molecule has 6 heteroatoms. The highest BCUT2D eigenvalue weighted by Gasteiger charge is 2.06. The molecule has 2 aromatic rings. The van der Waals surface area contributed by atoms with E-state index in [9.17, 15) is 0 Å². The van der Waals surface area contributed by atoms with Gasteiger partial charge in [0.05, 0.1) is 6.20 Å². The fourth-order valence-electron chi connectivity index (χ4n) is 1.85. The van der Waals surface area contributed by atoms with E-state index in [2.05, 4.69) is 20.4 Å². The topological polar surface area (TPSA) is 81.7 Å². The number of aromatic nitrogens is 4. The predicted molar refractivity (Wildman–Crippen MR) is 71.2 cm³/mol. The lowest BCUT2D eigenvalue weighted by Gasteiger charge is -2.10. The number of rotatable bonds is 5. The van der Waals surface area contributed by atoms with E-state index >= 15 is 0 Å². The zero-order valence-electron chi connectivity index (χ0n) is 10.7. The number of hydrogen-bond acceptors (Lipinski definition) is 5. The van der Waals surface area contributed by atoms with Gasteiger partial charge >= 0.3 is 0 Å². The summed E-state index contributed by atoms with van der Waals surface area (Å²) in [5.41, 5.74) is 7.99. The molecule has 2 aromatic heterocycles. The number of hydrogen-bond donors (Lipinski definition) is 2. The quantitative estimate of drug-likeness (QED) is 0.822. The predicted octanol–water partition coefficient (Wildman–Crippen LogP) is 1.01. The highest BCUT2D eigenvalue weighted by Crippen LogP contribution is 2.17. The molecule has 6 nitrogen and oxygen atoms in total. The Hall–Kier alpha value is -2.11. The summed E-state index contributed by atoms with van der Waals surface area (Å²) in [4.78, 5) is 8.22. The lowest BCUT2D eigenvalue weighted by atomic mass is 10.2. The Labute approximate surface area is 106 Å². The van der Waals surface area contributed by atoms with Crippen LogP contribution in [0.4, 0.5) is 11.6 Å². The molecule has 0 aliphatic carbocycles. The standard InChI is InChI=1S/C12H18N6/c1-3-10-11(13)15-8-16-12(10)14-5-4-9-6-17-18(2)7-9/h6-8H,3-5H2,1-2H3,(H3,13,14,15,16). The fraction of sp³-hybridized carbons (Fsp3) is 0.417. The average molecular weight is 246 g/mol. The number of nitrogens with two attached hydrogens (primary N) is 1. The van der Waals surface area contributed by atoms with Crippen LogP contribution in [-0.2, 0) is 19.9 Å². The summed E-state index contributed by atoms with van der Waals surface area (Å²) >= 11 is 0. The van der Waals surface area contributed by atoms with E-state index in [0.29, 0.717) is 5.82 Å². The first-order chi connectivity index (χ1) is 8.70. The van der Waals surface area contributed by atoms with Crippen LogP contribution >= 0.6 is 0 Å². The molecule has 0 aromatic carbocycles. The van der Waals surface area contributed by atoms with Gasteiger partial charge in [-0.25, -0.2) is 9.97 Å². The van der Waals surface area contributed by atoms with Gasteiger partial charge in [0, 0.05) is 25.4 Å². The van der Waals surface area contributed by atoms with Crippen LogP contribution in [0.25, 0.3) is 0 Å². The summed E-state index contributed by atoms with van der Waals surface area (Å²) < 4.78 is 1.80. The summed E-state index contributed by atoms with van der Waals surface area (Å²) in [6.45, 7) is 2.84. The third-order valence-corrected chi connectivity index (χ3v) is 2.80. The van der Waals surface area contributed by atoms with Gasteiger partial charge in [0.1, 0.15) is 18.0 Å². The van der Waals surface area contributed by atoms with Crippen LogP contribution in [0.5, 0.6) is 0 Å². The lowest BCUT2D eigenvalue weighted by Crippen LogP contribution is -2.10. The lowest BCUT2D eigenvalue weighted by molar-refractivity contribution is 0.766. The number of nitrogens with one attached hydrogen (secondary N) is 1. The third kappa shape index (κ3) is 2.77. The monoisotopic (exact) mass is 246 g/mol. The maximum atomic E-state index is 5.81. The molecule has 0 amide bonds. The molecule has 0 aliphatic rings. The molecule has 0 radical (unpaired) electrons. The van der Waals surface area contributed by atoms with Crippen molar-refractivity contribution in [3.63, 3.8) is 0 Å². The molecule has 0 spiro atoms. The Balaban J connectivity index is 1.96. The first-order valence-corrected chi connectivity index (χ1v) is 6.01. The highest BCUT2D eigenvalue weighted by molar-refractivity contribution is 5.54. The number of nitrogens with zero attached hydrogens (tertiary/aromatic N) is 4. The van der Waals surface area contributed by atoms with E-state index < -0.39 is 0 Å². The van der Waals surface area contributed by atoms with Crippen LogP contribution in [0, 0.1) is 0 Å². The minimum absolute atomic E-state index is 0.552. The zero-order chi connectivity index (χ0) is 13.0. The molecule has 0 aliphatic heterocycles. The molecule has 0 unspecified atom stereocenters. The second-order valence-electron chi connectivity index (χ2n) is 4.14. The molecule has 3 N–H and O–H groups in total. The summed E-state index contributed by atoms with van der Waals surface area (Å²) in [6.07, 6.45) is 7.09. The Morgan fingerprint density at radius 3 is 2.89 bits per heavy atom. The Kier molecular flexibility index (Phi) is 3.76. The van der Waals surface area contributed by atoms with Crippen molar-refractivity contribution < 1.29 is 0 Å². The summed E-state index contributed by atoms with van der Waals surface area (Å²) in [6, 6.07) is 0. The van der Waals surface area contributed by atoms with Crippen molar-refractivity contribution >= 4 is 11.6 Å². The summed E-state index contributed by atoms with van der Waals surface area (Å²) in [7, 11) is 1.91. The van der Waals surface area contributed by atoms with Crippen molar-refractivity contribution in [3.8, 4) is 0 Å². The highest BCUT2D eigenvalue weighted by atomic mass is 15.2. The first-order valence-electron chi connectivity index (χ1n) is 6.01. The molecule has 0 fully saturated rings. The molecular weight excluding hydrogens is 228 g/mol. The molecule has 18 heavy (non-hydrogen) atoms. The molecule has 0 atom stereocenters. The van der Waals surface area contributed by atoms with E-state index in [1.165, 1.54) is 11.9 Å². The minimum Gasteiger partial charge on any atom is -0.383 e. The van der Waals surface area contributed by atoms with Crippen LogP contribution < -0.4 is 11.1 Å². The van der Waals surface area contributed by atoms with E-state index in [0.717, 1.165) is 30.8 Å². The summed E-state index contributed by atoms with van der Waals surface area (Å²) in [5.74, 6) is 1.38. The van der Waals surface area contributed by atoms with E-state index in [1.54, 1.807) is 4.68 Å². The Morgan fingerprint density at radius 2 is 2.22 bits per heavy atom. The van der Waals surface area contributed by atoms with Gasteiger partial charge in [-0.05, 0) is 18.4 Å². The summed E-state index contributed by atoms with van der Waals surface area (Å²) in [5, 5.41) is 7.43. The SMILES string of the molecule is CCc1c(N)ncnc1NCCc1cnn(C)c1. The van der Waals surface area contributed by atoms with E-state index in [-0.39, 0.29) is 0 Å². The Morgan fingerprint density at radius 1 is 1.39 bits per heavy atom. The molecule has 0 bridgehead atoms. The largest absolute Gasteiger partial charge is 0.383 e. The maximum Gasteiger partial charge on any atom is 0.134 e. The van der Waals surface area contributed by atoms with Crippen molar-refractivity contribution in [1.82, 2.24) is 19.7 Å². The average Bonchev–Trinajstić information content (AvgIpc) is 2.75. The van der Waals surface area contributed by atoms with E-state index in [1.807, 2.05) is 26.4 Å². The van der Waals surface area contributed by atoms with E-state index in [4.69, 9.17) is 5.73 Å². The second kappa shape index (κ2) is 5.48. The minimum atomic E-state index is 0.552. The van der Waals surface area contributed by atoms with Gasteiger partial charge in [-0.15, -0.1) is 0 Å². The smallest absolute Gasteiger partial charge is 0.134 e. The molecule has 0 saturated heterocycles. The van der Waals surface area contributed by atoms with Crippen LogP contribution in [-0.4, -0.2) is 26.3 Å². The van der Waals surface area contributed by atoms with Crippen molar-refractivity contribution in [1.29, 1.82) is 0 Å². The molecule has 96 valence electrons.